The van der Waals surface area contributed by atoms with Crippen LogP contribution in [-0.4, -0.2) is 71.3 Å². The number of hydrogen-bond acceptors (Lipinski definition) is 5. The van der Waals surface area contributed by atoms with Gasteiger partial charge >= 0.3 is 0 Å². The highest BCUT2D eigenvalue weighted by atomic mass is 32.2. The average Bonchev–Trinajstić information content (AvgIpc) is 2.42. The van der Waals surface area contributed by atoms with Crippen LogP contribution in [0.25, 0.3) is 0 Å². The van der Waals surface area contributed by atoms with E-state index in [4.69, 9.17) is 4.74 Å². The molecule has 1 fully saturated rings. The molecule has 0 aromatic rings. The van der Waals surface area contributed by atoms with E-state index in [2.05, 4.69) is 10.2 Å². The molecule has 0 radical (unpaired) electrons. The topological polar surface area (TPSA) is 58.6 Å². The Morgan fingerprint density at radius 1 is 1.42 bits per heavy atom. The van der Waals surface area contributed by atoms with Gasteiger partial charge in [0.15, 0.2) is 9.84 Å². The highest BCUT2D eigenvalue weighted by molar-refractivity contribution is 7.91. The number of sulfone groups is 1. The fourth-order valence-corrected chi connectivity index (χ4v) is 3.24. The molecule has 0 spiro atoms. The molecule has 1 aliphatic heterocycles. The summed E-state index contributed by atoms with van der Waals surface area (Å²) in [5.41, 5.74) is 0. The minimum absolute atomic E-state index is 0.253. The van der Waals surface area contributed by atoms with Crippen molar-refractivity contribution in [1.82, 2.24) is 10.2 Å². The molecule has 0 saturated carbocycles. The second kappa shape index (κ2) is 8.89. The normalized spacial score (nSPS) is 21.7. The van der Waals surface area contributed by atoms with Crippen LogP contribution < -0.4 is 5.32 Å². The van der Waals surface area contributed by atoms with E-state index in [0.29, 0.717) is 18.2 Å². The molecular formula is C13H28N2O3S. The SMILES string of the molecule is CCS(=O)(=O)CCN1CCCC(CNCCOC)C1. The van der Waals surface area contributed by atoms with E-state index < -0.39 is 9.84 Å². The first-order chi connectivity index (χ1) is 9.07. The van der Waals surface area contributed by atoms with Crippen molar-refractivity contribution in [3.63, 3.8) is 0 Å². The molecule has 1 aliphatic rings. The van der Waals surface area contributed by atoms with Gasteiger partial charge in [-0.25, -0.2) is 8.42 Å². The minimum atomic E-state index is -2.83. The summed E-state index contributed by atoms with van der Waals surface area (Å²) in [5.74, 6) is 1.19. The van der Waals surface area contributed by atoms with Gasteiger partial charge in [-0.1, -0.05) is 6.92 Å². The lowest BCUT2D eigenvalue weighted by Gasteiger charge is -2.32. The first kappa shape index (κ1) is 16.9. The van der Waals surface area contributed by atoms with E-state index in [1.165, 1.54) is 12.8 Å². The van der Waals surface area contributed by atoms with Gasteiger partial charge in [0.25, 0.3) is 0 Å². The molecule has 1 saturated heterocycles. The van der Waals surface area contributed by atoms with Gasteiger partial charge in [-0.15, -0.1) is 0 Å². The Morgan fingerprint density at radius 2 is 2.21 bits per heavy atom. The molecule has 0 bridgehead atoms. The number of piperidine rings is 1. The van der Waals surface area contributed by atoms with Crippen LogP contribution in [-0.2, 0) is 14.6 Å². The van der Waals surface area contributed by atoms with Crippen molar-refractivity contribution >= 4 is 9.84 Å². The van der Waals surface area contributed by atoms with Gasteiger partial charge in [0.1, 0.15) is 0 Å². The highest BCUT2D eigenvalue weighted by Crippen LogP contribution is 2.15. The average molecular weight is 292 g/mol. The lowest BCUT2D eigenvalue weighted by Crippen LogP contribution is -2.42. The van der Waals surface area contributed by atoms with E-state index in [-0.39, 0.29) is 5.75 Å². The van der Waals surface area contributed by atoms with Crippen LogP contribution in [0, 0.1) is 5.92 Å². The van der Waals surface area contributed by atoms with E-state index in [1.807, 2.05) is 0 Å². The molecule has 0 aromatic heterocycles. The number of rotatable bonds is 9. The summed E-state index contributed by atoms with van der Waals surface area (Å²) in [6, 6.07) is 0. The van der Waals surface area contributed by atoms with E-state index in [9.17, 15) is 8.42 Å². The van der Waals surface area contributed by atoms with E-state index in [1.54, 1.807) is 14.0 Å². The first-order valence-electron chi connectivity index (χ1n) is 7.20. The Balaban J connectivity index is 2.22. The van der Waals surface area contributed by atoms with Gasteiger partial charge < -0.3 is 15.0 Å². The van der Waals surface area contributed by atoms with Gasteiger partial charge in [-0.3, -0.25) is 0 Å². The number of ether oxygens (including phenoxy) is 1. The number of methoxy groups -OCH3 is 1. The molecule has 19 heavy (non-hydrogen) atoms. The Morgan fingerprint density at radius 3 is 2.89 bits per heavy atom. The summed E-state index contributed by atoms with van der Waals surface area (Å²) < 4.78 is 28.0. The third kappa shape index (κ3) is 7.25. The maximum Gasteiger partial charge on any atom is 0.151 e. The molecule has 0 amide bonds. The summed E-state index contributed by atoms with van der Waals surface area (Å²) >= 11 is 0. The van der Waals surface area contributed by atoms with Crippen LogP contribution in [0.3, 0.4) is 0 Å². The smallest absolute Gasteiger partial charge is 0.151 e. The van der Waals surface area contributed by atoms with Gasteiger partial charge in [-0.2, -0.15) is 0 Å². The third-order valence-corrected chi connectivity index (χ3v) is 5.36. The lowest BCUT2D eigenvalue weighted by atomic mass is 9.98. The predicted molar refractivity (Wildman–Crippen MR) is 78.2 cm³/mol. The molecule has 1 unspecified atom stereocenters. The maximum atomic E-state index is 11.5. The summed E-state index contributed by atoms with van der Waals surface area (Å²) in [7, 11) is -1.13. The second-order valence-electron chi connectivity index (χ2n) is 5.24. The van der Waals surface area contributed by atoms with Crippen LogP contribution in [0.2, 0.25) is 0 Å². The minimum Gasteiger partial charge on any atom is -0.383 e. The quantitative estimate of drug-likeness (QED) is 0.622. The zero-order valence-electron chi connectivity index (χ0n) is 12.2. The Bertz CT molecular complexity index is 333. The van der Waals surface area contributed by atoms with Crippen molar-refractivity contribution < 1.29 is 13.2 Å². The summed E-state index contributed by atoms with van der Waals surface area (Å²) in [5, 5.41) is 3.39. The molecule has 6 heteroatoms. The van der Waals surface area contributed by atoms with Gasteiger partial charge in [0.05, 0.1) is 12.4 Å². The Hall–Kier alpha value is -0.170. The monoisotopic (exact) mass is 292 g/mol. The zero-order valence-corrected chi connectivity index (χ0v) is 13.0. The van der Waals surface area contributed by atoms with Gasteiger partial charge in [0.2, 0.25) is 0 Å². The fourth-order valence-electron chi connectivity index (χ4n) is 2.41. The molecule has 1 rings (SSSR count). The number of likely N-dealkylation sites (tertiary alicyclic amines) is 1. The zero-order chi connectivity index (χ0) is 14.1. The van der Waals surface area contributed by atoms with Crippen LogP contribution in [0.4, 0.5) is 0 Å². The van der Waals surface area contributed by atoms with Gasteiger partial charge in [-0.05, 0) is 31.8 Å². The molecule has 0 aromatic carbocycles. The van der Waals surface area contributed by atoms with Crippen molar-refractivity contribution in [2.45, 2.75) is 19.8 Å². The van der Waals surface area contributed by atoms with Crippen LogP contribution in [0.5, 0.6) is 0 Å². The van der Waals surface area contributed by atoms with Crippen LogP contribution in [0.1, 0.15) is 19.8 Å². The molecule has 5 nitrogen and oxygen atoms in total. The summed E-state index contributed by atoms with van der Waals surface area (Å²) in [4.78, 5) is 2.29. The third-order valence-electron chi connectivity index (χ3n) is 3.68. The fraction of sp³-hybridized carbons (Fsp3) is 1.00. The summed E-state index contributed by atoms with van der Waals surface area (Å²) in [6.07, 6.45) is 2.40. The largest absolute Gasteiger partial charge is 0.383 e. The molecule has 1 heterocycles. The lowest BCUT2D eigenvalue weighted by molar-refractivity contribution is 0.171. The molecule has 114 valence electrons. The predicted octanol–water partition coefficient (Wildman–Crippen LogP) is 0.369. The van der Waals surface area contributed by atoms with Crippen LogP contribution in [0.15, 0.2) is 0 Å². The van der Waals surface area contributed by atoms with Crippen molar-refractivity contribution in [3.05, 3.63) is 0 Å². The Labute approximate surface area is 117 Å². The van der Waals surface area contributed by atoms with Crippen molar-refractivity contribution in [2.24, 2.45) is 5.92 Å². The first-order valence-corrected chi connectivity index (χ1v) is 9.02. The molecule has 0 aliphatic carbocycles. The number of nitrogens with one attached hydrogen (secondary N) is 1. The van der Waals surface area contributed by atoms with Crippen molar-refractivity contribution in [1.29, 1.82) is 0 Å². The molecule has 1 N–H and O–H groups in total. The van der Waals surface area contributed by atoms with E-state index in [0.717, 1.165) is 32.8 Å². The highest BCUT2D eigenvalue weighted by Gasteiger charge is 2.20. The van der Waals surface area contributed by atoms with Crippen molar-refractivity contribution in [3.8, 4) is 0 Å². The van der Waals surface area contributed by atoms with E-state index >= 15 is 0 Å². The van der Waals surface area contributed by atoms with Crippen molar-refractivity contribution in [2.75, 3.05) is 57.9 Å². The number of hydrogen-bond donors (Lipinski definition) is 1. The summed E-state index contributed by atoms with van der Waals surface area (Å²) in [6.45, 7) is 7.08. The van der Waals surface area contributed by atoms with Crippen LogP contribution >= 0.6 is 0 Å². The Kier molecular flexibility index (Phi) is 7.90. The molecular weight excluding hydrogens is 264 g/mol. The molecule has 1 atom stereocenters. The number of nitrogens with zero attached hydrogens (tertiary/aromatic N) is 1. The second-order valence-corrected chi connectivity index (χ2v) is 7.71. The van der Waals surface area contributed by atoms with Gasteiger partial charge in [0, 0.05) is 32.5 Å². The standard InChI is InChI=1S/C13H28N2O3S/c1-3-19(16,17)10-8-15-7-4-5-13(12-15)11-14-6-9-18-2/h13-14H,3-12H2,1-2H3. The maximum absolute atomic E-state index is 11.5.